The largest absolute Gasteiger partial charge is 0.481 e. The van der Waals surface area contributed by atoms with Gasteiger partial charge in [-0.3, -0.25) is 4.79 Å². The Morgan fingerprint density at radius 2 is 2.03 bits per heavy atom. The smallest absolute Gasteiger partial charge is 0.319 e. The second-order valence-electron chi connectivity index (χ2n) is 7.35. The van der Waals surface area contributed by atoms with Gasteiger partial charge in [0.1, 0.15) is 11.6 Å². The Morgan fingerprint density at radius 3 is 2.77 bits per heavy atom. The van der Waals surface area contributed by atoms with Gasteiger partial charge < -0.3 is 20.3 Å². The number of carbonyl (C=O) groups is 2. The van der Waals surface area contributed by atoms with Crippen molar-refractivity contribution in [3.8, 4) is 5.75 Å². The zero-order valence-corrected chi connectivity index (χ0v) is 17.5. The van der Waals surface area contributed by atoms with Gasteiger partial charge in [-0.25, -0.2) is 9.18 Å². The SMILES string of the molecule is CC(Oc1ccc(Cl)cc1)C(=O)N1CCCC(CNC(=O)Nc2cccc(F)c2)C1. The number of anilines is 1. The number of hydrogen-bond acceptors (Lipinski definition) is 3. The van der Waals surface area contributed by atoms with Gasteiger partial charge in [0.2, 0.25) is 0 Å². The molecule has 2 atom stereocenters. The molecule has 3 amide bonds. The summed E-state index contributed by atoms with van der Waals surface area (Å²) in [4.78, 5) is 26.6. The van der Waals surface area contributed by atoms with Crippen LogP contribution in [0.2, 0.25) is 5.02 Å². The van der Waals surface area contributed by atoms with Crippen LogP contribution in [0.4, 0.5) is 14.9 Å². The number of benzene rings is 2. The van der Waals surface area contributed by atoms with Crippen LogP contribution in [0.25, 0.3) is 0 Å². The van der Waals surface area contributed by atoms with Crippen LogP contribution in [0, 0.1) is 11.7 Å². The van der Waals surface area contributed by atoms with Gasteiger partial charge in [-0.2, -0.15) is 0 Å². The minimum absolute atomic E-state index is 0.0844. The molecule has 2 aromatic rings. The van der Waals surface area contributed by atoms with Crippen LogP contribution < -0.4 is 15.4 Å². The van der Waals surface area contributed by atoms with Crippen LogP contribution in [-0.4, -0.2) is 42.6 Å². The van der Waals surface area contributed by atoms with Crippen LogP contribution in [-0.2, 0) is 4.79 Å². The van der Waals surface area contributed by atoms with Gasteiger partial charge in [0.15, 0.2) is 6.10 Å². The summed E-state index contributed by atoms with van der Waals surface area (Å²) in [5.74, 6) is 0.233. The minimum atomic E-state index is -0.617. The molecule has 2 unspecified atom stereocenters. The molecule has 0 aromatic heterocycles. The molecule has 0 radical (unpaired) electrons. The highest BCUT2D eigenvalue weighted by molar-refractivity contribution is 6.30. The van der Waals surface area contributed by atoms with Gasteiger partial charge in [0, 0.05) is 30.3 Å². The number of rotatable bonds is 6. The number of likely N-dealkylation sites (tertiary alicyclic amines) is 1. The van der Waals surface area contributed by atoms with Crippen molar-refractivity contribution < 1.29 is 18.7 Å². The normalized spacial score (nSPS) is 17.2. The Labute approximate surface area is 180 Å². The minimum Gasteiger partial charge on any atom is -0.481 e. The maximum absolute atomic E-state index is 13.2. The fourth-order valence-electron chi connectivity index (χ4n) is 3.44. The van der Waals surface area contributed by atoms with Crippen LogP contribution in [0.15, 0.2) is 48.5 Å². The van der Waals surface area contributed by atoms with E-state index in [0.717, 1.165) is 12.8 Å². The second-order valence-corrected chi connectivity index (χ2v) is 7.79. The zero-order valence-electron chi connectivity index (χ0n) is 16.7. The van der Waals surface area contributed by atoms with Gasteiger partial charge in [-0.15, -0.1) is 0 Å². The summed E-state index contributed by atoms with van der Waals surface area (Å²) < 4.78 is 18.9. The summed E-state index contributed by atoms with van der Waals surface area (Å²) in [7, 11) is 0. The van der Waals surface area contributed by atoms with Gasteiger partial charge >= 0.3 is 6.03 Å². The van der Waals surface area contributed by atoms with Crippen molar-refractivity contribution >= 4 is 29.2 Å². The molecule has 1 fully saturated rings. The van der Waals surface area contributed by atoms with E-state index in [9.17, 15) is 14.0 Å². The number of nitrogens with zero attached hydrogens (tertiary/aromatic N) is 1. The number of piperidine rings is 1. The maximum Gasteiger partial charge on any atom is 0.319 e. The molecule has 6 nitrogen and oxygen atoms in total. The third-order valence-electron chi connectivity index (χ3n) is 4.94. The fraction of sp³-hybridized carbons (Fsp3) is 0.364. The molecule has 0 aliphatic carbocycles. The average molecular weight is 434 g/mol. The third-order valence-corrected chi connectivity index (χ3v) is 5.19. The van der Waals surface area contributed by atoms with E-state index in [-0.39, 0.29) is 11.8 Å². The summed E-state index contributed by atoms with van der Waals surface area (Å²) in [5, 5.41) is 6.01. The number of nitrogens with one attached hydrogen (secondary N) is 2. The van der Waals surface area contributed by atoms with Crippen molar-refractivity contribution in [2.45, 2.75) is 25.9 Å². The summed E-state index contributed by atoms with van der Waals surface area (Å²) in [6, 6.07) is 12.2. The first kappa shape index (κ1) is 21.9. The van der Waals surface area contributed by atoms with E-state index in [4.69, 9.17) is 16.3 Å². The third kappa shape index (κ3) is 6.35. The number of halogens is 2. The van der Waals surface area contributed by atoms with Gasteiger partial charge in [0.25, 0.3) is 5.91 Å². The fourth-order valence-corrected chi connectivity index (χ4v) is 3.56. The van der Waals surface area contributed by atoms with Crippen LogP contribution in [0.3, 0.4) is 0 Å². The van der Waals surface area contributed by atoms with Crippen molar-refractivity contribution in [2.75, 3.05) is 25.0 Å². The summed E-state index contributed by atoms with van der Waals surface area (Å²) >= 11 is 5.87. The lowest BCUT2D eigenvalue weighted by Crippen LogP contribution is -2.48. The molecule has 8 heteroatoms. The predicted octanol–water partition coefficient (Wildman–Crippen LogP) is 4.31. The summed E-state index contributed by atoms with van der Waals surface area (Å²) in [6.07, 6.45) is 1.16. The molecule has 3 rings (SSSR count). The van der Waals surface area contributed by atoms with Gasteiger partial charge in [-0.1, -0.05) is 17.7 Å². The second kappa shape index (κ2) is 10.3. The van der Waals surface area contributed by atoms with E-state index in [1.165, 1.54) is 18.2 Å². The highest BCUT2D eigenvalue weighted by atomic mass is 35.5. The topological polar surface area (TPSA) is 70.7 Å². The molecular formula is C22H25ClFN3O3. The molecular weight excluding hydrogens is 409 g/mol. The Morgan fingerprint density at radius 1 is 1.27 bits per heavy atom. The molecule has 160 valence electrons. The first-order valence-electron chi connectivity index (χ1n) is 9.92. The number of ether oxygens (including phenoxy) is 1. The van der Waals surface area contributed by atoms with Crippen LogP contribution in [0.5, 0.6) is 5.75 Å². The van der Waals surface area contributed by atoms with E-state index in [1.54, 1.807) is 42.2 Å². The van der Waals surface area contributed by atoms with Crippen molar-refractivity contribution in [2.24, 2.45) is 5.92 Å². The van der Waals surface area contributed by atoms with E-state index < -0.39 is 18.0 Å². The Kier molecular flexibility index (Phi) is 7.52. The van der Waals surface area contributed by atoms with Crippen LogP contribution >= 0.6 is 11.6 Å². The monoisotopic (exact) mass is 433 g/mol. The predicted molar refractivity (Wildman–Crippen MR) is 114 cm³/mol. The van der Waals surface area contributed by atoms with E-state index >= 15 is 0 Å². The molecule has 0 saturated carbocycles. The lowest BCUT2D eigenvalue weighted by Gasteiger charge is -2.34. The van der Waals surface area contributed by atoms with E-state index in [2.05, 4.69) is 10.6 Å². The number of amides is 3. The zero-order chi connectivity index (χ0) is 21.5. The van der Waals surface area contributed by atoms with E-state index in [1.807, 2.05) is 0 Å². The first-order valence-corrected chi connectivity index (χ1v) is 10.3. The number of carbonyl (C=O) groups excluding carboxylic acids is 2. The standard InChI is InChI=1S/C22H25ClFN3O3/c1-15(30-20-9-7-17(23)8-10-20)21(28)27-11-3-4-16(14-27)13-25-22(29)26-19-6-2-5-18(24)12-19/h2,5-10,12,15-16H,3-4,11,13-14H2,1H3,(H2,25,26,29). The van der Waals surface area contributed by atoms with Crippen molar-refractivity contribution in [3.05, 3.63) is 59.4 Å². The van der Waals surface area contributed by atoms with Gasteiger partial charge in [-0.05, 0) is 68.1 Å². The molecule has 1 saturated heterocycles. The van der Waals surface area contributed by atoms with Gasteiger partial charge in [0.05, 0.1) is 0 Å². The lowest BCUT2D eigenvalue weighted by molar-refractivity contribution is -0.139. The molecule has 1 heterocycles. The highest BCUT2D eigenvalue weighted by Gasteiger charge is 2.28. The average Bonchev–Trinajstić information content (AvgIpc) is 2.73. The Hall–Kier alpha value is -2.80. The van der Waals surface area contributed by atoms with Crippen molar-refractivity contribution in [1.29, 1.82) is 0 Å². The summed E-state index contributed by atoms with van der Waals surface area (Å²) in [5.41, 5.74) is 0.390. The summed E-state index contributed by atoms with van der Waals surface area (Å²) in [6.45, 7) is 3.37. The molecule has 1 aliphatic heterocycles. The quantitative estimate of drug-likeness (QED) is 0.713. The van der Waals surface area contributed by atoms with E-state index in [0.29, 0.717) is 36.1 Å². The number of hydrogen-bond donors (Lipinski definition) is 2. The molecule has 0 bridgehead atoms. The molecule has 1 aliphatic rings. The van der Waals surface area contributed by atoms with Crippen molar-refractivity contribution in [1.82, 2.24) is 10.2 Å². The highest BCUT2D eigenvalue weighted by Crippen LogP contribution is 2.20. The molecule has 2 N–H and O–H groups in total. The number of urea groups is 1. The first-order chi connectivity index (χ1) is 14.4. The lowest BCUT2D eigenvalue weighted by atomic mass is 9.97. The Bertz CT molecular complexity index is 878. The molecule has 30 heavy (non-hydrogen) atoms. The van der Waals surface area contributed by atoms with Crippen molar-refractivity contribution in [3.63, 3.8) is 0 Å². The maximum atomic E-state index is 13.2. The van der Waals surface area contributed by atoms with Crippen LogP contribution in [0.1, 0.15) is 19.8 Å². The molecule has 0 spiro atoms. The Balaban J connectivity index is 1.46. The molecule has 2 aromatic carbocycles.